The minimum absolute atomic E-state index is 0. The van der Waals surface area contributed by atoms with E-state index in [-0.39, 0.29) is 27.1 Å². The van der Waals surface area contributed by atoms with Crippen LogP contribution in [0.2, 0.25) is 0 Å². The summed E-state index contributed by atoms with van der Waals surface area (Å²) in [6.45, 7) is 4.86. The van der Waals surface area contributed by atoms with Gasteiger partial charge in [0.05, 0.1) is 23.2 Å². The fourth-order valence-electron chi connectivity index (χ4n) is 11.2. The van der Waals surface area contributed by atoms with Crippen LogP contribution in [0.25, 0.3) is 16.7 Å². The summed E-state index contributed by atoms with van der Waals surface area (Å²) in [4.78, 5) is 22.6. The first-order valence-electron chi connectivity index (χ1n) is 20.9. The fourth-order valence-corrected chi connectivity index (χ4v) is 11.2. The van der Waals surface area contributed by atoms with Gasteiger partial charge < -0.3 is 9.97 Å². The topological polar surface area (TPSA) is 52.9 Å². The molecule has 7 aliphatic rings. The van der Waals surface area contributed by atoms with Gasteiger partial charge in [0.2, 0.25) is 0 Å². The van der Waals surface area contributed by atoms with Crippen LogP contribution < -0.4 is 20.7 Å². The molecule has 0 aromatic carbocycles. The Morgan fingerprint density at radius 2 is 1.14 bits per heavy atom. The number of aliphatic imine (C=N–C) groups is 2. The Hall–Kier alpha value is -2.45. The Morgan fingerprint density at radius 3 is 1.80 bits per heavy atom. The Kier molecular flexibility index (Phi) is 10.8. The van der Waals surface area contributed by atoms with Crippen molar-refractivity contribution in [3.8, 4) is 0 Å². The monoisotopic (exact) mass is 861 g/mol. The molecule has 0 N–H and O–H groups in total. The normalized spacial score (nSPS) is 35.4. The number of fused-ring (bicyclic) bond motifs is 6. The molecule has 0 saturated heterocycles. The van der Waals surface area contributed by atoms with Crippen LogP contribution in [0.15, 0.2) is 64.3 Å². The Balaban J connectivity index is 0.00000374. The molecule has 0 amide bonds. The number of hydrogen-bond acceptors (Lipinski definition) is 2. The minimum atomic E-state index is 0. The number of rotatable bonds is 4. The van der Waals surface area contributed by atoms with Gasteiger partial charge in [-0.05, 0) is 128 Å². The van der Waals surface area contributed by atoms with Gasteiger partial charge in [-0.3, -0.25) is 4.99 Å². The Morgan fingerprint density at radius 1 is 0.549 bits per heavy atom. The maximum absolute atomic E-state index is 5.72. The van der Waals surface area contributed by atoms with E-state index < -0.39 is 0 Å². The van der Waals surface area contributed by atoms with Crippen molar-refractivity contribution >= 4 is 28.1 Å². The third-order valence-corrected chi connectivity index (χ3v) is 14.1. The molecule has 2 atom stereocenters. The van der Waals surface area contributed by atoms with E-state index in [4.69, 9.17) is 20.0 Å². The van der Waals surface area contributed by atoms with Gasteiger partial charge in [0, 0.05) is 0 Å². The van der Waals surface area contributed by atoms with Gasteiger partial charge in [-0.1, -0.05) is 108 Å². The van der Waals surface area contributed by atoms with Crippen LogP contribution in [-0.4, -0.2) is 17.5 Å². The van der Waals surface area contributed by atoms with Crippen molar-refractivity contribution in [2.24, 2.45) is 45.5 Å². The molecule has 2 unspecified atom stereocenters. The van der Waals surface area contributed by atoms with E-state index in [0.717, 1.165) is 28.6 Å². The smallest absolute Gasteiger partial charge is 0.661 e. The molecule has 2 aromatic heterocycles. The average molecular weight is 862 g/mol. The summed E-state index contributed by atoms with van der Waals surface area (Å²) in [6, 6.07) is 9.59. The molecule has 5 heteroatoms. The molecule has 8 bridgehead atoms. The second kappa shape index (κ2) is 15.5. The van der Waals surface area contributed by atoms with E-state index in [1.54, 1.807) is 0 Å². The molecule has 51 heavy (non-hydrogen) atoms. The molecule has 3 aliphatic heterocycles. The Labute approximate surface area is 320 Å². The van der Waals surface area contributed by atoms with Gasteiger partial charge in [-0.25, -0.2) is 4.99 Å². The van der Waals surface area contributed by atoms with Crippen molar-refractivity contribution in [1.29, 1.82) is 0 Å². The van der Waals surface area contributed by atoms with Gasteiger partial charge in [0.15, 0.2) is 0 Å². The van der Waals surface area contributed by atoms with Crippen molar-refractivity contribution in [2.75, 3.05) is 0 Å². The molecule has 4 fully saturated rings. The zero-order valence-corrected chi connectivity index (χ0v) is 33.3. The van der Waals surface area contributed by atoms with Gasteiger partial charge in [0.1, 0.15) is 0 Å². The molecule has 5 heterocycles. The van der Waals surface area contributed by atoms with E-state index in [1.807, 2.05) is 0 Å². The molecule has 0 spiro atoms. The van der Waals surface area contributed by atoms with Crippen LogP contribution in [0.3, 0.4) is 0 Å². The first-order chi connectivity index (χ1) is 24.6. The third kappa shape index (κ3) is 7.14. The van der Waals surface area contributed by atoms with Gasteiger partial charge >= 0.3 is 21.1 Å². The number of hydrogen-bond donors (Lipinski definition) is 0. The van der Waals surface area contributed by atoms with Crippen LogP contribution >= 0.6 is 0 Å². The van der Waals surface area contributed by atoms with Crippen molar-refractivity contribution in [3.05, 3.63) is 76.4 Å². The maximum Gasteiger partial charge on any atom is 2.00 e. The molecule has 4 saturated carbocycles. The van der Waals surface area contributed by atoms with Gasteiger partial charge in [0.25, 0.3) is 0 Å². The molecule has 9 rings (SSSR count). The van der Waals surface area contributed by atoms with E-state index >= 15 is 0 Å². The van der Waals surface area contributed by atoms with Crippen LogP contribution in [0.5, 0.6) is 0 Å². The standard InChI is InChI=1S/C46H58N4.Pt/c1-29-13-17-33(18-14-29)45-39-25-21-35(47-39)43(31-9-5-3-6-10-31)37-23-27-41(49-37)46(34-19-15-30(2)16-20-34)42-28-24-38(50-42)44(32-11-7-4-8-12-32)36-22-26-40(45)48-36;/h21-35,43H,3-20H2,1-2H3;/q-2;+2/b44-36-,45-40-,46-42-;. The molecule has 2 aromatic rings. The van der Waals surface area contributed by atoms with E-state index in [1.165, 1.54) is 155 Å². The van der Waals surface area contributed by atoms with E-state index in [9.17, 15) is 0 Å². The van der Waals surface area contributed by atoms with E-state index in [2.05, 4.69) is 62.4 Å². The molecular formula is C46H58N4Pt. The average Bonchev–Trinajstić information content (AvgIpc) is 3.98. The molecule has 272 valence electrons. The third-order valence-electron chi connectivity index (χ3n) is 14.1. The largest absolute Gasteiger partial charge is 2.00 e. The van der Waals surface area contributed by atoms with Gasteiger partial charge in [-0.15, -0.1) is 16.4 Å². The molecule has 4 aliphatic carbocycles. The minimum Gasteiger partial charge on any atom is -0.661 e. The van der Waals surface area contributed by atoms with Crippen LogP contribution in [0, 0.1) is 35.5 Å². The second-order valence-corrected chi connectivity index (χ2v) is 17.5. The summed E-state index contributed by atoms with van der Waals surface area (Å²) in [7, 11) is 0. The zero-order chi connectivity index (χ0) is 33.6. The van der Waals surface area contributed by atoms with Gasteiger partial charge in [-0.2, -0.15) is 5.69 Å². The fraction of sp³-hybridized carbons (Fsp3) is 0.609. The van der Waals surface area contributed by atoms with Crippen molar-refractivity contribution < 1.29 is 21.1 Å². The Bertz CT molecular complexity index is 1830. The summed E-state index contributed by atoms with van der Waals surface area (Å²) >= 11 is 0. The van der Waals surface area contributed by atoms with Crippen molar-refractivity contribution in [3.63, 3.8) is 0 Å². The number of aromatic nitrogens is 2. The first kappa shape index (κ1) is 35.6. The maximum atomic E-state index is 5.72. The SMILES string of the molecule is CC1CCC(/C2=C3\C=CC(=N3)/C(C3CCCCC3)=c3/cc/c([n-]3)=C(\C3CCC(C)CC3)C3=NC(C=C3)C(C3CCCCC3)c3ccc2[n-]3)CC1.[Pt+2]. The van der Waals surface area contributed by atoms with Crippen LogP contribution in [-0.2, 0) is 21.1 Å². The molecule has 4 nitrogen and oxygen atoms in total. The predicted molar refractivity (Wildman–Crippen MR) is 208 cm³/mol. The number of allylic oxidation sites excluding steroid dienone is 4. The second-order valence-electron chi connectivity index (χ2n) is 17.5. The number of nitrogens with zero attached hydrogens (tertiary/aromatic N) is 4. The van der Waals surface area contributed by atoms with Crippen molar-refractivity contribution in [1.82, 2.24) is 9.97 Å². The summed E-state index contributed by atoms with van der Waals surface area (Å²) in [5.41, 5.74) is 10.2. The summed E-state index contributed by atoms with van der Waals surface area (Å²) < 4.78 is 0. The summed E-state index contributed by atoms with van der Waals surface area (Å²) in [5.74, 6) is 4.11. The molecule has 0 radical (unpaired) electrons. The first-order valence-corrected chi connectivity index (χ1v) is 20.9. The van der Waals surface area contributed by atoms with E-state index in [0.29, 0.717) is 29.6 Å². The predicted octanol–water partition coefficient (Wildman–Crippen LogP) is 9.61. The summed E-state index contributed by atoms with van der Waals surface area (Å²) in [6.07, 6.45) is 32.7. The van der Waals surface area contributed by atoms with Crippen LogP contribution in [0.4, 0.5) is 0 Å². The quantitative estimate of drug-likeness (QED) is 0.308. The summed E-state index contributed by atoms with van der Waals surface area (Å²) in [5, 5.41) is 2.33. The zero-order valence-electron chi connectivity index (χ0n) is 31.1. The van der Waals surface area contributed by atoms with Crippen molar-refractivity contribution in [2.45, 2.75) is 141 Å². The van der Waals surface area contributed by atoms with Crippen LogP contribution in [0.1, 0.15) is 147 Å². The molecular weight excluding hydrogens is 804 g/mol.